The number of nitrogens with zero attached hydrogens (tertiary/aromatic N) is 1. The first-order valence-electron chi connectivity index (χ1n) is 6.15. The van der Waals surface area contributed by atoms with Gasteiger partial charge in [-0.05, 0) is 12.3 Å². The van der Waals surface area contributed by atoms with Crippen LogP contribution in [0.4, 0.5) is 0 Å². The van der Waals surface area contributed by atoms with Crippen LogP contribution in [0, 0.1) is 5.92 Å². The summed E-state index contributed by atoms with van der Waals surface area (Å²) in [5, 5.41) is 0. The molecule has 5 nitrogen and oxygen atoms in total. The van der Waals surface area contributed by atoms with E-state index in [9.17, 15) is 4.79 Å². The van der Waals surface area contributed by atoms with Crippen LogP contribution in [0.2, 0.25) is 0 Å². The van der Waals surface area contributed by atoms with Gasteiger partial charge in [0.1, 0.15) is 0 Å². The van der Waals surface area contributed by atoms with E-state index >= 15 is 0 Å². The minimum atomic E-state index is -0.178. The molecule has 0 saturated carbocycles. The topological polar surface area (TPSA) is 64.8 Å². The molecule has 0 bridgehead atoms. The summed E-state index contributed by atoms with van der Waals surface area (Å²) in [5.41, 5.74) is 5.52. The molecule has 1 fully saturated rings. The normalized spacial score (nSPS) is 26.9. The maximum absolute atomic E-state index is 12.0. The highest BCUT2D eigenvalue weighted by Crippen LogP contribution is 2.20. The Bertz CT molecular complexity index is 244. The Hall–Kier alpha value is -0.650. The number of ether oxygens (including phenoxy) is 2. The lowest BCUT2D eigenvalue weighted by Gasteiger charge is -2.36. The smallest absolute Gasteiger partial charge is 0.225 e. The summed E-state index contributed by atoms with van der Waals surface area (Å²) >= 11 is 0. The first-order chi connectivity index (χ1) is 8.12. The van der Waals surface area contributed by atoms with E-state index in [0.717, 1.165) is 13.0 Å². The third-order valence-corrected chi connectivity index (χ3v) is 3.54. The van der Waals surface area contributed by atoms with Gasteiger partial charge in [-0.15, -0.1) is 0 Å². The average Bonchev–Trinajstić information content (AvgIpc) is 2.36. The number of rotatable bonds is 5. The molecule has 17 heavy (non-hydrogen) atoms. The summed E-state index contributed by atoms with van der Waals surface area (Å²) in [4.78, 5) is 13.9. The van der Waals surface area contributed by atoms with Gasteiger partial charge >= 0.3 is 0 Å². The van der Waals surface area contributed by atoms with E-state index in [2.05, 4.69) is 6.92 Å². The third-order valence-electron chi connectivity index (χ3n) is 3.54. The molecule has 2 N–H and O–H groups in total. The number of nitrogens with two attached hydrogens (primary N) is 1. The van der Waals surface area contributed by atoms with Crippen molar-refractivity contribution in [2.24, 2.45) is 11.7 Å². The maximum Gasteiger partial charge on any atom is 0.225 e. The minimum Gasteiger partial charge on any atom is -0.380 e. The van der Waals surface area contributed by atoms with Crippen LogP contribution in [0.5, 0.6) is 0 Å². The molecule has 0 aromatic rings. The van der Waals surface area contributed by atoms with Crippen molar-refractivity contribution in [1.29, 1.82) is 0 Å². The molecule has 1 aliphatic heterocycles. The fourth-order valence-corrected chi connectivity index (χ4v) is 2.15. The van der Waals surface area contributed by atoms with Crippen molar-refractivity contribution in [3.05, 3.63) is 0 Å². The second kappa shape index (κ2) is 6.93. The van der Waals surface area contributed by atoms with Crippen LogP contribution in [-0.4, -0.2) is 56.9 Å². The van der Waals surface area contributed by atoms with Crippen molar-refractivity contribution >= 4 is 5.91 Å². The lowest BCUT2D eigenvalue weighted by molar-refractivity contribution is -0.138. The standard InChI is InChI=1S/C12H24N2O3/c1-9-4-5-14(8-11(9)17-3)12(15)6-10(7-13)16-2/h9-11H,4-8,13H2,1-3H3. The largest absolute Gasteiger partial charge is 0.380 e. The van der Waals surface area contributed by atoms with E-state index < -0.39 is 0 Å². The Kier molecular flexibility index (Phi) is 5.88. The quantitative estimate of drug-likeness (QED) is 0.752. The molecule has 1 heterocycles. The zero-order valence-corrected chi connectivity index (χ0v) is 11.0. The Morgan fingerprint density at radius 3 is 2.76 bits per heavy atom. The Balaban J connectivity index is 2.47. The van der Waals surface area contributed by atoms with Crippen LogP contribution in [0.15, 0.2) is 0 Å². The van der Waals surface area contributed by atoms with E-state index in [1.807, 2.05) is 4.90 Å². The molecule has 1 amide bonds. The van der Waals surface area contributed by atoms with E-state index in [4.69, 9.17) is 15.2 Å². The monoisotopic (exact) mass is 244 g/mol. The van der Waals surface area contributed by atoms with Crippen LogP contribution in [0.25, 0.3) is 0 Å². The van der Waals surface area contributed by atoms with Gasteiger partial charge in [0.15, 0.2) is 0 Å². The molecular weight excluding hydrogens is 220 g/mol. The Morgan fingerprint density at radius 1 is 1.53 bits per heavy atom. The molecule has 100 valence electrons. The van der Waals surface area contributed by atoms with Gasteiger partial charge in [-0.2, -0.15) is 0 Å². The summed E-state index contributed by atoms with van der Waals surface area (Å²) in [6.07, 6.45) is 1.32. The van der Waals surface area contributed by atoms with Crippen LogP contribution in [0.3, 0.4) is 0 Å². The number of carbonyl (C=O) groups excluding carboxylic acids is 1. The molecule has 0 radical (unpaired) electrons. The highest BCUT2D eigenvalue weighted by molar-refractivity contribution is 5.76. The number of hydrogen-bond donors (Lipinski definition) is 1. The van der Waals surface area contributed by atoms with Crippen LogP contribution >= 0.6 is 0 Å². The third kappa shape index (κ3) is 3.94. The molecule has 3 unspecified atom stereocenters. The molecule has 1 aliphatic rings. The number of hydrogen-bond acceptors (Lipinski definition) is 4. The lowest BCUT2D eigenvalue weighted by Crippen LogP contribution is -2.47. The average molecular weight is 244 g/mol. The second-order valence-corrected chi connectivity index (χ2v) is 4.68. The summed E-state index contributed by atoms with van der Waals surface area (Å²) < 4.78 is 10.5. The van der Waals surface area contributed by atoms with Crippen LogP contribution in [0.1, 0.15) is 19.8 Å². The molecule has 0 aliphatic carbocycles. The Morgan fingerprint density at radius 2 is 2.24 bits per heavy atom. The van der Waals surface area contributed by atoms with Gasteiger partial charge in [0.2, 0.25) is 5.91 Å². The van der Waals surface area contributed by atoms with Gasteiger partial charge in [-0.1, -0.05) is 6.92 Å². The number of piperidine rings is 1. The molecule has 1 rings (SSSR count). The molecule has 5 heteroatoms. The number of amides is 1. The SMILES string of the molecule is COC(CN)CC(=O)N1CCC(C)C(OC)C1. The zero-order valence-electron chi connectivity index (χ0n) is 11.0. The van der Waals surface area contributed by atoms with Crippen LogP contribution < -0.4 is 5.73 Å². The summed E-state index contributed by atoms with van der Waals surface area (Å²) in [6, 6.07) is 0. The molecule has 0 aromatic heterocycles. The van der Waals surface area contributed by atoms with Gasteiger partial charge < -0.3 is 20.1 Å². The summed E-state index contributed by atoms with van der Waals surface area (Å²) in [7, 11) is 3.29. The summed E-state index contributed by atoms with van der Waals surface area (Å²) in [5.74, 6) is 0.619. The number of likely N-dealkylation sites (tertiary alicyclic amines) is 1. The van der Waals surface area contributed by atoms with Crippen molar-refractivity contribution in [2.45, 2.75) is 32.0 Å². The minimum absolute atomic E-state index is 0.108. The van der Waals surface area contributed by atoms with Crippen LogP contribution in [-0.2, 0) is 14.3 Å². The van der Waals surface area contributed by atoms with E-state index in [0.29, 0.717) is 25.4 Å². The number of methoxy groups -OCH3 is 2. The van der Waals surface area contributed by atoms with E-state index in [1.54, 1.807) is 14.2 Å². The van der Waals surface area contributed by atoms with Gasteiger partial charge in [-0.3, -0.25) is 4.79 Å². The van der Waals surface area contributed by atoms with Crippen molar-refractivity contribution < 1.29 is 14.3 Å². The van der Waals surface area contributed by atoms with Crippen molar-refractivity contribution in [3.63, 3.8) is 0 Å². The predicted octanol–water partition coefficient (Wildman–Crippen LogP) is 0.234. The molecule has 1 saturated heterocycles. The highest BCUT2D eigenvalue weighted by atomic mass is 16.5. The van der Waals surface area contributed by atoms with Crippen molar-refractivity contribution in [2.75, 3.05) is 33.9 Å². The summed E-state index contributed by atoms with van der Waals surface area (Å²) in [6.45, 7) is 4.02. The lowest BCUT2D eigenvalue weighted by atomic mass is 9.95. The molecule has 0 aromatic carbocycles. The Labute approximate surface area is 103 Å². The fourth-order valence-electron chi connectivity index (χ4n) is 2.15. The van der Waals surface area contributed by atoms with Crippen molar-refractivity contribution in [1.82, 2.24) is 4.90 Å². The second-order valence-electron chi connectivity index (χ2n) is 4.68. The first kappa shape index (κ1) is 14.4. The molecule has 0 spiro atoms. The van der Waals surface area contributed by atoms with Gasteiger partial charge in [0, 0.05) is 33.9 Å². The van der Waals surface area contributed by atoms with Gasteiger partial charge in [-0.25, -0.2) is 0 Å². The number of carbonyl (C=O) groups is 1. The molecular formula is C12H24N2O3. The predicted molar refractivity (Wildman–Crippen MR) is 65.6 cm³/mol. The fraction of sp³-hybridized carbons (Fsp3) is 0.917. The first-order valence-corrected chi connectivity index (χ1v) is 6.15. The van der Waals surface area contributed by atoms with E-state index in [-0.39, 0.29) is 18.1 Å². The highest BCUT2D eigenvalue weighted by Gasteiger charge is 2.29. The molecule has 3 atom stereocenters. The zero-order chi connectivity index (χ0) is 12.8. The van der Waals surface area contributed by atoms with Gasteiger partial charge in [0.05, 0.1) is 18.6 Å². The van der Waals surface area contributed by atoms with Gasteiger partial charge in [0.25, 0.3) is 0 Å². The van der Waals surface area contributed by atoms with Crippen molar-refractivity contribution in [3.8, 4) is 0 Å². The van der Waals surface area contributed by atoms with E-state index in [1.165, 1.54) is 0 Å². The maximum atomic E-state index is 12.0.